The third kappa shape index (κ3) is 5.04. The summed E-state index contributed by atoms with van der Waals surface area (Å²) in [4.78, 5) is 23.1. The SMILES string of the molecule is CCC(C)(C)NC(=O)COc1c(C)cc(Br)cc1C(=O)O. The molecule has 6 heteroatoms. The first-order valence-corrected chi connectivity index (χ1v) is 7.43. The Bertz CT molecular complexity index is 555. The summed E-state index contributed by atoms with van der Waals surface area (Å²) < 4.78 is 6.08. The van der Waals surface area contributed by atoms with Crippen LogP contribution in [-0.2, 0) is 4.79 Å². The van der Waals surface area contributed by atoms with Crippen molar-refractivity contribution in [1.29, 1.82) is 0 Å². The van der Waals surface area contributed by atoms with Gasteiger partial charge in [0.15, 0.2) is 6.61 Å². The van der Waals surface area contributed by atoms with E-state index in [2.05, 4.69) is 21.2 Å². The fourth-order valence-electron chi connectivity index (χ4n) is 1.72. The van der Waals surface area contributed by atoms with Gasteiger partial charge >= 0.3 is 5.97 Å². The number of halogens is 1. The molecule has 21 heavy (non-hydrogen) atoms. The molecule has 0 heterocycles. The molecule has 5 nitrogen and oxygen atoms in total. The Morgan fingerprint density at radius 2 is 2.00 bits per heavy atom. The molecule has 0 aliphatic heterocycles. The average Bonchev–Trinajstić information content (AvgIpc) is 2.36. The minimum Gasteiger partial charge on any atom is -0.483 e. The Morgan fingerprint density at radius 1 is 1.38 bits per heavy atom. The van der Waals surface area contributed by atoms with Crippen LogP contribution in [0.5, 0.6) is 5.75 Å². The van der Waals surface area contributed by atoms with E-state index in [1.807, 2.05) is 20.8 Å². The second-order valence-corrected chi connectivity index (χ2v) is 6.39. The summed E-state index contributed by atoms with van der Waals surface area (Å²) in [7, 11) is 0. The largest absolute Gasteiger partial charge is 0.483 e. The Hall–Kier alpha value is -1.56. The molecule has 116 valence electrons. The molecule has 0 saturated carbocycles. The lowest BCUT2D eigenvalue weighted by Crippen LogP contribution is -2.45. The van der Waals surface area contributed by atoms with Crippen molar-refractivity contribution >= 4 is 27.8 Å². The van der Waals surface area contributed by atoms with Gasteiger partial charge in [0.2, 0.25) is 0 Å². The van der Waals surface area contributed by atoms with Gasteiger partial charge in [-0.05, 0) is 44.9 Å². The third-order valence-corrected chi connectivity index (χ3v) is 3.64. The van der Waals surface area contributed by atoms with Crippen molar-refractivity contribution in [3.05, 3.63) is 27.7 Å². The number of carboxylic acids is 1. The highest BCUT2D eigenvalue weighted by Crippen LogP contribution is 2.28. The van der Waals surface area contributed by atoms with E-state index in [9.17, 15) is 14.7 Å². The number of carboxylic acid groups (broad SMARTS) is 1. The first-order valence-electron chi connectivity index (χ1n) is 6.63. The highest BCUT2D eigenvalue weighted by atomic mass is 79.9. The Labute approximate surface area is 132 Å². The lowest BCUT2D eigenvalue weighted by molar-refractivity contribution is -0.124. The number of carbonyl (C=O) groups excluding carboxylic acids is 1. The van der Waals surface area contributed by atoms with E-state index < -0.39 is 5.97 Å². The van der Waals surface area contributed by atoms with Crippen LogP contribution in [-0.4, -0.2) is 29.1 Å². The van der Waals surface area contributed by atoms with Crippen LogP contribution in [0.25, 0.3) is 0 Å². The van der Waals surface area contributed by atoms with Crippen molar-refractivity contribution in [2.24, 2.45) is 0 Å². The van der Waals surface area contributed by atoms with Gasteiger partial charge in [0.05, 0.1) is 0 Å². The second kappa shape index (κ2) is 6.93. The molecule has 1 rings (SSSR count). The maximum atomic E-state index is 11.9. The van der Waals surface area contributed by atoms with Gasteiger partial charge in [0, 0.05) is 10.0 Å². The van der Waals surface area contributed by atoms with Crippen LogP contribution in [0.4, 0.5) is 0 Å². The van der Waals surface area contributed by atoms with Crippen molar-refractivity contribution < 1.29 is 19.4 Å². The van der Waals surface area contributed by atoms with E-state index in [1.54, 1.807) is 13.0 Å². The summed E-state index contributed by atoms with van der Waals surface area (Å²) in [5.74, 6) is -1.15. The smallest absolute Gasteiger partial charge is 0.339 e. The molecule has 0 fully saturated rings. The quantitative estimate of drug-likeness (QED) is 0.819. The molecule has 0 atom stereocenters. The summed E-state index contributed by atoms with van der Waals surface area (Å²) in [5, 5.41) is 12.0. The molecule has 0 aromatic heterocycles. The number of aryl methyl sites for hydroxylation is 1. The first kappa shape index (κ1) is 17.5. The summed E-state index contributed by atoms with van der Waals surface area (Å²) in [6.45, 7) is 7.33. The zero-order valence-electron chi connectivity index (χ0n) is 12.6. The van der Waals surface area contributed by atoms with E-state index in [0.717, 1.165) is 6.42 Å². The fourth-order valence-corrected chi connectivity index (χ4v) is 2.29. The van der Waals surface area contributed by atoms with Crippen LogP contribution in [0.3, 0.4) is 0 Å². The zero-order valence-corrected chi connectivity index (χ0v) is 14.2. The lowest BCUT2D eigenvalue weighted by Gasteiger charge is -2.24. The first-order chi connectivity index (χ1) is 9.66. The minimum atomic E-state index is -1.09. The fraction of sp³-hybridized carbons (Fsp3) is 0.467. The Morgan fingerprint density at radius 3 is 2.52 bits per heavy atom. The average molecular weight is 358 g/mol. The van der Waals surface area contributed by atoms with E-state index >= 15 is 0 Å². The Kier molecular flexibility index (Phi) is 5.78. The van der Waals surface area contributed by atoms with Gasteiger partial charge in [-0.15, -0.1) is 0 Å². The number of carbonyl (C=O) groups is 2. The number of nitrogens with one attached hydrogen (secondary N) is 1. The van der Waals surface area contributed by atoms with Gasteiger partial charge in [-0.2, -0.15) is 0 Å². The molecule has 0 bridgehead atoms. The summed E-state index contributed by atoms with van der Waals surface area (Å²) >= 11 is 3.25. The van der Waals surface area contributed by atoms with Crippen molar-refractivity contribution in [3.63, 3.8) is 0 Å². The minimum absolute atomic E-state index is 0.0319. The molecule has 2 N–H and O–H groups in total. The number of hydrogen-bond acceptors (Lipinski definition) is 3. The summed E-state index contributed by atoms with van der Waals surface area (Å²) in [6.07, 6.45) is 0.788. The van der Waals surface area contributed by atoms with E-state index in [-0.39, 0.29) is 29.4 Å². The molecule has 1 amide bonds. The number of benzene rings is 1. The van der Waals surface area contributed by atoms with Crippen LogP contribution in [0.1, 0.15) is 43.1 Å². The molecular formula is C15H20BrNO4. The van der Waals surface area contributed by atoms with Crippen LogP contribution in [0.2, 0.25) is 0 Å². The van der Waals surface area contributed by atoms with Gasteiger partial charge in [0.1, 0.15) is 11.3 Å². The highest BCUT2D eigenvalue weighted by Gasteiger charge is 2.20. The molecule has 1 aromatic carbocycles. The number of rotatable bonds is 6. The van der Waals surface area contributed by atoms with Crippen molar-refractivity contribution in [1.82, 2.24) is 5.32 Å². The standard InChI is InChI=1S/C15H20BrNO4/c1-5-15(3,4)17-12(18)8-21-13-9(2)6-10(16)7-11(13)14(19)20/h6-7H,5,8H2,1-4H3,(H,17,18)(H,19,20). The van der Waals surface area contributed by atoms with Gasteiger partial charge in [-0.1, -0.05) is 22.9 Å². The zero-order chi connectivity index (χ0) is 16.2. The summed E-state index contributed by atoms with van der Waals surface area (Å²) in [5.41, 5.74) is 0.374. The number of hydrogen-bond donors (Lipinski definition) is 2. The predicted molar refractivity (Wildman–Crippen MR) is 83.8 cm³/mol. The molecular weight excluding hydrogens is 338 g/mol. The monoisotopic (exact) mass is 357 g/mol. The third-order valence-electron chi connectivity index (χ3n) is 3.18. The predicted octanol–water partition coefficient (Wildman–Crippen LogP) is 3.14. The molecule has 0 radical (unpaired) electrons. The van der Waals surface area contributed by atoms with Crippen molar-refractivity contribution in [3.8, 4) is 5.75 Å². The van der Waals surface area contributed by atoms with Gasteiger partial charge in [-0.25, -0.2) is 4.79 Å². The van der Waals surface area contributed by atoms with Crippen LogP contribution < -0.4 is 10.1 Å². The van der Waals surface area contributed by atoms with E-state index in [1.165, 1.54) is 6.07 Å². The maximum Gasteiger partial charge on any atom is 0.339 e. The maximum absolute atomic E-state index is 11.9. The van der Waals surface area contributed by atoms with Gasteiger partial charge < -0.3 is 15.2 Å². The molecule has 0 saturated heterocycles. The lowest BCUT2D eigenvalue weighted by atomic mass is 10.0. The summed E-state index contributed by atoms with van der Waals surface area (Å²) in [6, 6.07) is 3.20. The normalized spacial score (nSPS) is 11.1. The second-order valence-electron chi connectivity index (χ2n) is 5.48. The number of ether oxygens (including phenoxy) is 1. The molecule has 0 aliphatic rings. The highest BCUT2D eigenvalue weighted by molar-refractivity contribution is 9.10. The topological polar surface area (TPSA) is 75.6 Å². The van der Waals surface area contributed by atoms with Gasteiger partial charge in [0.25, 0.3) is 5.91 Å². The van der Waals surface area contributed by atoms with E-state index in [4.69, 9.17) is 4.74 Å². The number of aromatic carboxylic acids is 1. The Balaban J connectivity index is 2.85. The van der Waals surface area contributed by atoms with Crippen LogP contribution in [0.15, 0.2) is 16.6 Å². The van der Waals surface area contributed by atoms with Crippen LogP contribution >= 0.6 is 15.9 Å². The van der Waals surface area contributed by atoms with Crippen LogP contribution in [0, 0.1) is 6.92 Å². The molecule has 0 aliphatic carbocycles. The van der Waals surface area contributed by atoms with Gasteiger partial charge in [-0.3, -0.25) is 4.79 Å². The van der Waals surface area contributed by atoms with Crippen molar-refractivity contribution in [2.75, 3.05) is 6.61 Å². The van der Waals surface area contributed by atoms with E-state index in [0.29, 0.717) is 10.0 Å². The molecule has 1 aromatic rings. The molecule has 0 unspecified atom stereocenters. The van der Waals surface area contributed by atoms with Crippen molar-refractivity contribution in [2.45, 2.75) is 39.7 Å². The number of amides is 1. The molecule has 0 spiro atoms.